The number of thioether (sulfide) groups is 1. The van der Waals surface area contributed by atoms with E-state index in [9.17, 15) is 9.90 Å². The number of nitrogens with zero attached hydrogens (tertiary/aromatic N) is 2. The first kappa shape index (κ1) is 17.7. The highest BCUT2D eigenvalue weighted by Crippen LogP contribution is 2.25. The van der Waals surface area contributed by atoms with Gasteiger partial charge in [0.1, 0.15) is 0 Å². The lowest BCUT2D eigenvalue weighted by Crippen LogP contribution is -2.38. The van der Waals surface area contributed by atoms with Gasteiger partial charge in [0, 0.05) is 5.69 Å². The number of aromatic nitrogens is 2. The van der Waals surface area contributed by atoms with Gasteiger partial charge < -0.3 is 14.9 Å². The number of rotatable bonds is 7. The molecule has 2 heterocycles. The van der Waals surface area contributed by atoms with Gasteiger partial charge in [-0.05, 0) is 37.3 Å². The van der Waals surface area contributed by atoms with Crippen LogP contribution >= 0.6 is 11.8 Å². The average molecular weight is 337 g/mol. The Morgan fingerprint density at radius 3 is 2.83 bits per heavy atom. The summed E-state index contributed by atoms with van der Waals surface area (Å²) >= 11 is 1.68. The van der Waals surface area contributed by atoms with Crippen LogP contribution in [0.15, 0.2) is 10.6 Å². The monoisotopic (exact) mass is 337 g/mol. The number of pyridine rings is 1. The van der Waals surface area contributed by atoms with Crippen LogP contribution in [0, 0.1) is 6.92 Å². The van der Waals surface area contributed by atoms with Gasteiger partial charge >= 0.3 is 0 Å². The average Bonchev–Trinajstić information content (AvgIpc) is 2.91. The maximum atomic E-state index is 12.7. The SMILES string of the molecule is CSCC[C@H](CO)NC(=O)c1cc(C(C)C)nc2onc(C)c12. The minimum absolute atomic E-state index is 0.0832. The number of aryl methyl sites for hydroxylation is 1. The van der Waals surface area contributed by atoms with Crippen LogP contribution in [0.4, 0.5) is 0 Å². The molecule has 0 saturated carbocycles. The Kier molecular flexibility index (Phi) is 6.01. The van der Waals surface area contributed by atoms with Gasteiger partial charge in [-0.2, -0.15) is 11.8 Å². The molecule has 7 heteroatoms. The van der Waals surface area contributed by atoms with Gasteiger partial charge in [-0.1, -0.05) is 19.0 Å². The molecule has 126 valence electrons. The van der Waals surface area contributed by atoms with Crippen LogP contribution in [0.5, 0.6) is 0 Å². The summed E-state index contributed by atoms with van der Waals surface area (Å²) in [7, 11) is 0. The van der Waals surface area contributed by atoms with E-state index in [0.29, 0.717) is 22.4 Å². The van der Waals surface area contributed by atoms with Crippen molar-refractivity contribution in [3.05, 3.63) is 23.0 Å². The van der Waals surface area contributed by atoms with E-state index in [4.69, 9.17) is 4.52 Å². The van der Waals surface area contributed by atoms with Gasteiger partial charge in [-0.15, -0.1) is 0 Å². The van der Waals surface area contributed by atoms with Crippen molar-refractivity contribution in [3.63, 3.8) is 0 Å². The summed E-state index contributed by atoms with van der Waals surface area (Å²) in [4.78, 5) is 17.1. The van der Waals surface area contributed by atoms with Gasteiger partial charge in [0.15, 0.2) is 0 Å². The first-order valence-electron chi connectivity index (χ1n) is 7.65. The summed E-state index contributed by atoms with van der Waals surface area (Å²) in [6.45, 7) is 5.72. The Bertz CT molecular complexity index is 685. The summed E-state index contributed by atoms with van der Waals surface area (Å²) in [5, 5.41) is 16.9. The summed E-state index contributed by atoms with van der Waals surface area (Å²) < 4.78 is 5.23. The standard InChI is InChI=1S/C16H23N3O3S/c1-9(2)13-7-12(14-10(3)19-22-16(14)18-13)15(21)17-11(8-20)5-6-23-4/h7,9,11,20H,5-6,8H2,1-4H3,(H,17,21)/t11-/m1/s1. The van der Waals surface area contributed by atoms with Crippen molar-refractivity contribution in [3.8, 4) is 0 Å². The third-order valence-corrected chi connectivity index (χ3v) is 4.34. The van der Waals surface area contributed by atoms with Gasteiger partial charge in [-0.3, -0.25) is 4.79 Å². The Balaban J connectivity index is 2.36. The molecule has 0 aliphatic carbocycles. The first-order valence-corrected chi connectivity index (χ1v) is 9.04. The molecule has 0 unspecified atom stereocenters. The number of aliphatic hydroxyl groups excluding tert-OH is 1. The molecule has 2 rings (SSSR count). The zero-order valence-electron chi connectivity index (χ0n) is 13.9. The maximum Gasteiger partial charge on any atom is 0.259 e. The number of amides is 1. The second kappa shape index (κ2) is 7.79. The molecule has 23 heavy (non-hydrogen) atoms. The van der Waals surface area contributed by atoms with Crippen molar-refractivity contribution in [2.24, 2.45) is 0 Å². The second-order valence-corrected chi connectivity index (χ2v) is 6.82. The quantitative estimate of drug-likeness (QED) is 0.807. The highest BCUT2D eigenvalue weighted by Gasteiger charge is 2.21. The van der Waals surface area contributed by atoms with E-state index in [2.05, 4.69) is 15.5 Å². The van der Waals surface area contributed by atoms with Crippen molar-refractivity contribution < 1.29 is 14.4 Å². The zero-order chi connectivity index (χ0) is 17.0. The Morgan fingerprint density at radius 2 is 2.22 bits per heavy atom. The normalized spacial score (nSPS) is 12.8. The van der Waals surface area contributed by atoms with Crippen molar-refractivity contribution in [1.29, 1.82) is 0 Å². The molecule has 2 N–H and O–H groups in total. The van der Waals surface area contributed by atoms with Crippen LogP contribution in [-0.4, -0.2) is 45.8 Å². The highest BCUT2D eigenvalue weighted by atomic mass is 32.2. The molecular formula is C16H23N3O3S. The summed E-state index contributed by atoms with van der Waals surface area (Å²) in [6, 6.07) is 1.52. The predicted molar refractivity (Wildman–Crippen MR) is 92.0 cm³/mol. The number of hydrogen-bond acceptors (Lipinski definition) is 6. The van der Waals surface area contributed by atoms with Gasteiger partial charge in [0.2, 0.25) is 0 Å². The predicted octanol–water partition coefficient (Wildman–Crippen LogP) is 2.50. The molecule has 0 spiro atoms. The van der Waals surface area contributed by atoms with Crippen LogP contribution in [0.1, 0.15) is 47.9 Å². The van der Waals surface area contributed by atoms with Crippen LogP contribution in [-0.2, 0) is 0 Å². The lowest BCUT2D eigenvalue weighted by molar-refractivity contribution is 0.0917. The Labute approximate surface area is 140 Å². The number of fused-ring (bicyclic) bond motifs is 1. The van der Waals surface area contributed by atoms with E-state index in [0.717, 1.165) is 17.9 Å². The van der Waals surface area contributed by atoms with Crippen molar-refractivity contribution in [1.82, 2.24) is 15.5 Å². The summed E-state index contributed by atoms with van der Waals surface area (Å²) in [5.74, 6) is 0.813. The molecule has 0 aliphatic rings. The number of nitrogens with one attached hydrogen (secondary N) is 1. The van der Waals surface area contributed by atoms with Crippen molar-refractivity contribution in [2.45, 2.75) is 39.2 Å². The second-order valence-electron chi connectivity index (χ2n) is 5.83. The van der Waals surface area contributed by atoms with Gasteiger partial charge in [0.05, 0.1) is 29.3 Å². The minimum atomic E-state index is -0.263. The van der Waals surface area contributed by atoms with Gasteiger partial charge in [-0.25, -0.2) is 4.98 Å². The van der Waals surface area contributed by atoms with Crippen LogP contribution < -0.4 is 5.32 Å². The first-order chi connectivity index (χ1) is 11.0. The van der Waals surface area contributed by atoms with E-state index >= 15 is 0 Å². The molecule has 0 saturated heterocycles. The Morgan fingerprint density at radius 1 is 1.48 bits per heavy atom. The van der Waals surface area contributed by atoms with Gasteiger partial charge in [0.25, 0.3) is 11.6 Å². The summed E-state index contributed by atoms with van der Waals surface area (Å²) in [6.07, 6.45) is 2.72. The molecule has 0 aliphatic heterocycles. The number of carbonyl (C=O) groups is 1. The van der Waals surface area contributed by atoms with Crippen LogP contribution in [0.3, 0.4) is 0 Å². The largest absolute Gasteiger partial charge is 0.394 e. The molecule has 6 nitrogen and oxygen atoms in total. The lowest BCUT2D eigenvalue weighted by Gasteiger charge is -2.16. The smallest absolute Gasteiger partial charge is 0.259 e. The van der Waals surface area contributed by atoms with E-state index in [1.807, 2.05) is 20.1 Å². The third kappa shape index (κ3) is 4.03. The lowest BCUT2D eigenvalue weighted by atomic mass is 10.0. The fraction of sp³-hybridized carbons (Fsp3) is 0.562. The minimum Gasteiger partial charge on any atom is -0.394 e. The van der Waals surface area contributed by atoms with Crippen molar-refractivity contribution >= 4 is 28.8 Å². The van der Waals surface area contributed by atoms with Crippen molar-refractivity contribution in [2.75, 3.05) is 18.6 Å². The molecule has 0 fully saturated rings. The van der Waals surface area contributed by atoms with Crippen LogP contribution in [0.2, 0.25) is 0 Å². The highest BCUT2D eigenvalue weighted by molar-refractivity contribution is 7.98. The van der Waals surface area contributed by atoms with E-state index in [-0.39, 0.29) is 24.5 Å². The molecule has 2 aromatic heterocycles. The molecule has 0 bridgehead atoms. The fourth-order valence-corrected chi connectivity index (χ4v) is 2.84. The molecule has 0 aromatic carbocycles. The van der Waals surface area contributed by atoms with Crippen LogP contribution in [0.25, 0.3) is 11.1 Å². The number of aliphatic hydroxyl groups is 1. The molecular weight excluding hydrogens is 314 g/mol. The van der Waals surface area contributed by atoms with E-state index in [1.165, 1.54) is 0 Å². The zero-order valence-corrected chi connectivity index (χ0v) is 14.7. The summed E-state index contributed by atoms with van der Waals surface area (Å²) in [5.41, 5.74) is 2.30. The topological polar surface area (TPSA) is 88.2 Å². The molecule has 0 radical (unpaired) electrons. The van der Waals surface area contributed by atoms with E-state index in [1.54, 1.807) is 24.8 Å². The fourth-order valence-electron chi connectivity index (χ4n) is 2.32. The Hall–Kier alpha value is -1.60. The molecule has 1 amide bonds. The number of hydrogen-bond donors (Lipinski definition) is 2. The van der Waals surface area contributed by atoms with E-state index < -0.39 is 0 Å². The maximum absolute atomic E-state index is 12.7. The molecule has 2 aromatic rings. The number of carbonyl (C=O) groups excluding carboxylic acids is 1. The molecule has 1 atom stereocenters. The third-order valence-electron chi connectivity index (χ3n) is 3.70.